The molecule has 0 bridgehead atoms. The van der Waals surface area contributed by atoms with E-state index in [0.717, 1.165) is 6.07 Å². The van der Waals surface area contributed by atoms with Gasteiger partial charge in [-0.1, -0.05) is 34.8 Å². The molecule has 0 aliphatic carbocycles. The largest absolute Gasteiger partial charge is 0.466 e. The predicted molar refractivity (Wildman–Crippen MR) is 96.7 cm³/mol. The fraction of sp³-hybridized carbons (Fsp3) is 0.176. The lowest BCUT2D eigenvalue weighted by atomic mass is 10.1. The first-order valence-electron chi connectivity index (χ1n) is 7.32. The lowest BCUT2D eigenvalue weighted by molar-refractivity contribution is -0.141. The SMILES string of the molecule is CCOC(=O)CC(=O)c1cc(Nc2c(F)cc(F)cc2Cl)c(Cl)cc1Cl. The number of hydrogen-bond donors (Lipinski definition) is 1. The summed E-state index contributed by atoms with van der Waals surface area (Å²) < 4.78 is 31.8. The van der Waals surface area contributed by atoms with E-state index in [4.69, 9.17) is 39.5 Å². The minimum atomic E-state index is -0.944. The van der Waals surface area contributed by atoms with Gasteiger partial charge in [-0.3, -0.25) is 9.59 Å². The summed E-state index contributed by atoms with van der Waals surface area (Å²) in [5.74, 6) is -3.09. The maximum atomic E-state index is 13.9. The third kappa shape index (κ3) is 4.84. The molecule has 0 aliphatic heterocycles. The number of rotatable bonds is 6. The molecule has 1 N–H and O–H groups in total. The van der Waals surface area contributed by atoms with Crippen molar-refractivity contribution in [2.24, 2.45) is 0 Å². The first kappa shape index (κ1) is 20.4. The molecule has 0 heterocycles. The zero-order valence-corrected chi connectivity index (χ0v) is 15.6. The maximum Gasteiger partial charge on any atom is 0.313 e. The van der Waals surface area contributed by atoms with Crippen molar-refractivity contribution in [3.8, 4) is 0 Å². The zero-order chi connectivity index (χ0) is 19.4. The van der Waals surface area contributed by atoms with Crippen LogP contribution in [0.25, 0.3) is 0 Å². The molecule has 0 radical (unpaired) electrons. The number of carbonyl (C=O) groups is 2. The topological polar surface area (TPSA) is 55.4 Å². The lowest BCUT2D eigenvalue weighted by Gasteiger charge is -2.13. The molecule has 0 fully saturated rings. The normalized spacial score (nSPS) is 10.5. The molecule has 2 aromatic carbocycles. The molecule has 2 rings (SSSR count). The van der Waals surface area contributed by atoms with Gasteiger partial charge in [0.1, 0.15) is 12.2 Å². The number of esters is 1. The van der Waals surface area contributed by atoms with Gasteiger partial charge in [-0.2, -0.15) is 0 Å². The van der Waals surface area contributed by atoms with Crippen LogP contribution in [-0.4, -0.2) is 18.4 Å². The van der Waals surface area contributed by atoms with E-state index in [1.54, 1.807) is 6.92 Å². The van der Waals surface area contributed by atoms with Gasteiger partial charge in [0.15, 0.2) is 11.6 Å². The monoisotopic (exact) mass is 421 g/mol. The van der Waals surface area contributed by atoms with Crippen LogP contribution in [0.2, 0.25) is 15.1 Å². The first-order valence-corrected chi connectivity index (χ1v) is 8.45. The number of ether oxygens (including phenoxy) is 1. The summed E-state index contributed by atoms with van der Waals surface area (Å²) in [5.41, 5.74) is -0.123. The Morgan fingerprint density at radius 1 is 1.04 bits per heavy atom. The first-order chi connectivity index (χ1) is 12.2. The maximum absolute atomic E-state index is 13.9. The fourth-order valence-corrected chi connectivity index (χ4v) is 2.87. The Morgan fingerprint density at radius 3 is 2.35 bits per heavy atom. The second-order valence-corrected chi connectivity index (χ2v) is 6.31. The molecule has 9 heteroatoms. The summed E-state index contributed by atoms with van der Waals surface area (Å²) in [7, 11) is 0. The van der Waals surface area contributed by atoms with E-state index in [1.807, 2.05) is 0 Å². The summed E-state index contributed by atoms with van der Waals surface area (Å²) in [5, 5.41) is 2.48. The van der Waals surface area contributed by atoms with E-state index in [1.165, 1.54) is 12.1 Å². The minimum Gasteiger partial charge on any atom is -0.466 e. The highest BCUT2D eigenvalue weighted by Crippen LogP contribution is 2.35. The van der Waals surface area contributed by atoms with Gasteiger partial charge in [0, 0.05) is 11.6 Å². The summed E-state index contributed by atoms with van der Waals surface area (Å²) in [6, 6.07) is 4.08. The molecule has 0 amide bonds. The van der Waals surface area contributed by atoms with Gasteiger partial charge in [-0.25, -0.2) is 8.78 Å². The highest BCUT2D eigenvalue weighted by molar-refractivity contribution is 6.39. The number of halogens is 5. The summed E-state index contributed by atoms with van der Waals surface area (Å²) in [6.07, 6.45) is -0.514. The van der Waals surface area contributed by atoms with Crippen LogP contribution >= 0.6 is 34.8 Å². The van der Waals surface area contributed by atoms with Crippen LogP contribution in [0.5, 0.6) is 0 Å². The zero-order valence-electron chi connectivity index (χ0n) is 13.3. The second-order valence-electron chi connectivity index (χ2n) is 5.09. The molecular weight excluding hydrogens is 411 g/mol. The number of hydrogen-bond acceptors (Lipinski definition) is 4. The van der Waals surface area contributed by atoms with Crippen LogP contribution in [0.4, 0.5) is 20.2 Å². The Bertz CT molecular complexity index is 852. The van der Waals surface area contributed by atoms with Crippen molar-refractivity contribution in [2.45, 2.75) is 13.3 Å². The number of ketones is 1. The van der Waals surface area contributed by atoms with Crippen LogP contribution in [0.15, 0.2) is 24.3 Å². The van der Waals surface area contributed by atoms with Crippen LogP contribution in [0.3, 0.4) is 0 Å². The van der Waals surface area contributed by atoms with E-state index in [9.17, 15) is 18.4 Å². The Balaban J connectivity index is 2.36. The van der Waals surface area contributed by atoms with E-state index in [0.29, 0.717) is 6.07 Å². The molecular formula is C17H12Cl3F2NO3. The predicted octanol–water partition coefficient (Wildman–Crippen LogP) is 5.80. The van der Waals surface area contributed by atoms with Gasteiger partial charge in [0.2, 0.25) is 0 Å². The number of nitrogens with one attached hydrogen (secondary N) is 1. The van der Waals surface area contributed by atoms with E-state index >= 15 is 0 Å². The van der Waals surface area contributed by atoms with Crippen molar-refractivity contribution < 1.29 is 23.1 Å². The molecule has 2 aromatic rings. The number of benzene rings is 2. The third-order valence-electron chi connectivity index (χ3n) is 3.23. The summed E-state index contributed by atoms with van der Waals surface area (Å²) in [4.78, 5) is 23.7. The average Bonchev–Trinajstić information content (AvgIpc) is 2.52. The van der Waals surface area contributed by atoms with Gasteiger partial charge >= 0.3 is 5.97 Å². The molecule has 0 saturated heterocycles. The molecule has 4 nitrogen and oxygen atoms in total. The molecule has 26 heavy (non-hydrogen) atoms. The third-order valence-corrected chi connectivity index (χ3v) is 4.16. The Hall–Kier alpha value is -1.89. The molecule has 0 saturated carbocycles. The Morgan fingerprint density at radius 2 is 1.73 bits per heavy atom. The highest BCUT2D eigenvalue weighted by Gasteiger charge is 2.19. The van der Waals surface area contributed by atoms with E-state index in [-0.39, 0.29) is 38.6 Å². The van der Waals surface area contributed by atoms with Crippen LogP contribution < -0.4 is 5.32 Å². The smallest absolute Gasteiger partial charge is 0.313 e. The van der Waals surface area contributed by atoms with Crippen molar-refractivity contribution in [3.63, 3.8) is 0 Å². The van der Waals surface area contributed by atoms with Gasteiger partial charge in [-0.05, 0) is 25.1 Å². The van der Waals surface area contributed by atoms with Crippen molar-refractivity contribution in [1.29, 1.82) is 0 Å². The van der Waals surface area contributed by atoms with Crippen molar-refractivity contribution in [2.75, 3.05) is 11.9 Å². The van der Waals surface area contributed by atoms with Crippen LogP contribution in [0.1, 0.15) is 23.7 Å². The molecule has 0 spiro atoms. The molecule has 0 aromatic heterocycles. The van der Waals surface area contributed by atoms with Crippen molar-refractivity contribution in [3.05, 3.63) is 56.5 Å². The van der Waals surface area contributed by atoms with Crippen LogP contribution in [-0.2, 0) is 9.53 Å². The second kappa shape index (κ2) is 8.66. The van der Waals surface area contributed by atoms with Gasteiger partial charge in [-0.15, -0.1) is 0 Å². The number of anilines is 2. The Kier molecular flexibility index (Phi) is 6.81. The fourth-order valence-electron chi connectivity index (χ4n) is 2.09. The van der Waals surface area contributed by atoms with Crippen LogP contribution in [0, 0.1) is 11.6 Å². The minimum absolute atomic E-state index is 0.00902. The number of Topliss-reactive ketones (excluding diaryl/α,β-unsaturated/α-hetero) is 1. The molecule has 138 valence electrons. The number of carbonyl (C=O) groups excluding carboxylic acids is 2. The van der Waals surface area contributed by atoms with Gasteiger partial charge < -0.3 is 10.1 Å². The molecule has 0 atom stereocenters. The van der Waals surface area contributed by atoms with Gasteiger partial charge in [0.25, 0.3) is 0 Å². The molecule has 0 unspecified atom stereocenters. The molecule has 0 aliphatic rings. The summed E-state index contributed by atoms with van der Waals surface area (Å²) >= 11 is 17.9. The quantitative estimate of drug-likeness (QED) is 0.363. The Labute approximate surface area is 163 Å². The average molecular weight is 423 g/mol. The van der Waals surface area contributed by atoms with E-state index in [2.05, 4.69) is 5.32 Å². The lowest BCUT2D eigenvalue weighted by Crippen LogP contribution is -2.12. The standard InChI is InChI=1S/C17H12Cl3F2NO3/c1-2-26-16(25)7-15(24)9-5-14(11(19)6-10(9)18)23-17-12(20)3-8(21)4-13(17)22/h3-6,23H,2,7H2,1H3. The highest BCUT2D eigenvalue weighted by atomic mass is 35.5. The summed E-state index contributed by atoms with van der Waals surface area (Å²) in [6.45, 7) is 1.75. The van der Waals surface area contributed by atoms with Gasteiger partial charge in [0.05, 0.1) is 33.0 Å². The van der Waals surface area contributed by atoms with Crippen molar-refractivity contribution >= 4 is 57.9 Å². The van der Waals surface area contributed by atoms with Crippen molar-refractivity contribution in [1.82, 2.24) is 0 Å². The van der Waals surface area contributed by atoms with E-state index < -0.39 is 29.8 Å².